The molecule has 3 atom stereocenters. The van der Waals surface area contributed by atoms with Crippen molar-refractivity contribution in [1.29, 1.82) is 0 Å². The van der Waals surface area contributed by atoms with E-state index in [9.17, 15) is 0 Å². The molecule has 2 fully saturated rings. The van der Waals surface area contributed by atoms with E-state index >= 15 is 0 Å². The third-order valence-corrected chi connectivity index (χ3v) is 4.49. The molecule has 2 saturated carbocycles. The summed E-state index contributed by atoms with van der Waals surface area (Å²) in [6.45, 7) is 5.18. The molecule has 3 unspecified atom stereocenters. The van der Waals surface area contributed by atoms with Crippen molar-refractivity contribution in [2.75, 3.05) is 0 Å². The molecular formula is C15H23N3. The number of nitrogens with zero attached hydrogens (tertiary/aromatic N) is 2. The zero-order valence-corrected chi connectivity index (χ0v) is 11.4. The first-order valence-electron chi connectivity index (χ1n) is 7.27. The second kappa shape index (κ2) is 4.96. The Morgan fingerprint density at radius 2 is 2.22 bits per heavy atom. The number of nitrogens with one attached hydrogen (secondary N) is 1. The summed E-state index contributed by atoms with van der Waals surface area (Å²) < 4.78 is 0. The maximum absolute atomic E-state index is 4.77. The molecule has 1 N–H and O–H groups in total. The lowest BCUT2D eigenvalue weighted by Gasteiger charge is -2.20. The van der Waals surface area contributed by atoms with Crippen LogP contribution < -0.4 is 5.32 Å². The van der Waals surface area contributed by atoms with Gasteiger partial charge in [-0.25, -0.2) is 9.97 Å². The van der Waals surface area contributed by atoms with Crippen LogP contribution >= 0.6 is 0 Å². The highest BCUT2D eigenvalue weighted by Gasteiger charge is 2.41. The van der Waals surface area contributed by atoms with Crippen LogP contribution in [0.1, 0.15) is 57.0 Å². The molecule has 2 bridgehead atoms. The number of rotatable bonds is 4. The highest BCUT2D eigenvalue weighted by Crippen LogP contribution is 2.51. The van der Waals surface area contributed by atoms with Gasteiger partial charge in [-0.1, -0.05) is 20.3 Å². The standard InChI is InChI=1S/C15H23N3/c1-10(2)17-9-13-5-6-16-15(18-13)14-8-11-3-4-12(14)7-11/h5-6,10-12,14,17H,3-4,7-9H2,1-2H3. The summed E-state index contributed by atoms with van der Waals surface area (Å²) in [6.07, 6.45) is 7.52. The van der Waals surface area contributed by atoms with E-state index in [1.54, 1.807) is 0 Å². The molecule has 3 heteroatoms. The van der Waals surface area contributed by atoms with E-state index in [1.165, 1.54) is 25.7 Å². The van der Waals surface area contributed by atoms with Crippen LogP contribution in [0.3, 0.4) is 0 Å². The van der Waals surface area contributed by atoms with E-state index in [0.717, 1.165) is 29.9 Å². The van der Waals surface area contributed by atoms with Crippen molar-refractivity contribution in [3.05, 3.63) is 23.8 Å². The van der Waals surface area contributed by atoms with Crippen molar-refractivity contribution in [2.24, 2.45) is 11.8 Å². The molecule has 1 aromatic heterocycles. The minimum Gasteiger partial charge on any atom is -0.309 e. The van der Waals surface area contributed by atoms with Gasteiger partial charge >= 0.3 is 0 Å². The molecule has 3 nitrogen and oxygen atoms in total. The highest BCUT2D eigenvalue weighted by molar-refractivity contribution is 5.11. The van der Waals surface area contributed by atoms with Gasteiger partial charge in [0, 0.05) is 24.7 Å². The Labute approximate surface area is 109 Å². The van der Waals surface area contributed by atoms with Gasteiger partial charge in [-0.15, -0.1) is 0 Å². The quantitative estimate of drug-likeness (QED) is 0.886. The molecule has 0 saturated heterocycles. The van der Waals surface area contributed by atoms with Crippen LogP contribution in [-0.4, -0.2) is 16.0 Å². The van der Waals surface area contributed by atoms with E-state index in [0.29, 0.717) is 12.0 Å². The van der Waals surface area contributed by atoms with Crippen molar-refractivity contribution < 1.29 is 0 Å². The first-order chi connectivity index (χ1) is 8.72. The summed E-state index contributed by atoms with van der Waals surface area (Å²) in [7, 11) is 0. The zero-order chi connectivity index (χ0) is 12.5. The Hall–Kier alpha value is -0.960. The Morgan fingerprint density at radius 1 is 1.33 bits per heavy atom. The largest absolute Gasteiger partial charge is 0.309 e. The van der Waals surface area contributed by atoms with Crippen LogP contribution in [-0.2, 0) is 6.54 Å². The minimum absolute atomic E-state index is 0.505. The fourth-order valence-electron chi connectivity index (χ4n) is 3.56. The first-order valence-corrected chi connectivity index (χ1v) is 7.27. The van der Waals surface area contributed by atoms with Gasteiger partial charge in [-0.05, 0) is 37.2 Å². The van der Waals surface area contributed by atoms with E-state index in [1.807, 2.05) is 12.3 Å². The lowest BCUT2D eigenvalue weighted by Crippen LogP contribution is -2.23. The molecule has 0 aromatic carbocycles. The fourth-order valence-corrected chi connectivity index (χ4v) is 3.56. The third kappa shape index (κ3) is 2.41. The van der Waals surface area contributed by atoms with E-state index in [4.69, 9.17) is 4.98 Å². The molecule has 0 spiro atoms. The molecule has 98 valence electrons. The molecule has 18 heavy (non-hydrogen) atoms. The summed E-state index contributed by atoms with van der Waals surface area (Å²) in [5.41, 5.74) is 1.14. The smallest absolute Gasteiger partial charge is 0.131 e. The molecule has 0 radical (unpaired) electrons. The Morgan fingerprint density at radius 3 is 2.89 bits per heavy atom. The SMILES string of the molecule is CC(C)NCc1ccnc(C2CC3CCC2C3)n1. The number of hydrogen-bond donors (Lipinski definition) is 1. The second-order valence-corrected chi connectivity index (χ2v) is 6.22. The van der Waals surface area contributed by atoms with Gasteiger partial charge < -0.3 is 5.32 Å². The van der Waals surface area contributed by atoms with E-state index < -0.39 is 0 Å². The van der Waals surface area contributed by atoms with Crippen LogP contribution in [0, 0.1) is 11.8 Å². The normalized spacial score (nSPS) is 30.3. The maximum Gasteiger partial charge on any atom is 0.131 e. The summed E-state index contributed by atoms with van der Waals surface area (Å²) in [4.78, 5) is 9.30. The van der Waals surface area contributed by atoms with E-state index in [2.05, 4.69) is 24.1 Å². The lowest BCUT2D eigenvalue weighted by atomic mass is 9.88. The maximum atomic E-state index is 4.77. The zero-order valence-electron chi connectivity index (χ0n) is 11.4. The molecule has 3 rings (SSSR count). The Balaban J connectivity index is 1.71. The van der Waals surface area contributed by atoms with Crippen molar-refractivity contribution >= 4 is 0 Å². The summed E-state index contributed by atoms with van der Waals surface area (Å²) >= 11 is 0. The van der Waals surface area contributed by atoms with Gasteiger partial charge in [0.2, 0.25) is 0 Å². The predicted molar refractivity (Wildman–Crippen MR) is 72.2 cm³/mol. The lowest BCUT2D eigenvalue weighted by molar-refractivity contribution is 0.404. The number of aromatic nitrogens is 2. The number of fused-ring (bicyclic) bond motifs is 2. The molecule has 2 aliphatic rings. The minimum atomic E-state index is 0.505. The highest BCUT2D eigenvalue weighted by atomic mass is 15.0. The topological polar surface area (TPSA) is 37.8 Å². The summed E-state index contributed by atoms with van der Waals surface area (Å²) in [5.74, 6) is 3.57. The van der Waals surface area contributed by atoms with E-state index in [-0.39, 0.29) is 0 Å². The average molecular weight is 245 g/mol. The first kappa shape index (κ1) is 12.1. The van der Waals surface area contributed by atoms with Gasteiger partial charge in [-0.3, -0.25) is 0 Å². The van der Waals surface area contributed by atoms with Gasteiger partial charge in [0.1, 0.15) is 5.82 Å². The van der Waals surface area contributed by atoms with Crippen LogP contribution in [0.2, 0.25) is 0 Å². The average Bonchev–Trinajstić information content (AvgIpc) is 2.99. The molecule has 0 aliphatic heterocycles. The van der Waals surface area contributed by atoms with Crippen LogP contribution in [0.25, 0.3) is 0 Å². The van der Waals surface area contributed by atoms with Crippen LogP contribution in [0.5, 0.6) is 0 Å². The van der Waals surface area contributed by atoms with Crippen LogP contribution in [0.15, 0.2) is 12.3 Å². The molecule has 0 amide bonds. The monoisotopic (exact) mass is 245 g/mol. The van der Waals surface area contributed by atoms with Gasteiger partial charge in [0.15, 0.2) is 0 Å². The van der Waals surface area contributed by atoms with Crippen molar-refractivity contribution in [3.63, 3.8) is 0 Å². The van der Waals surface area contributed by atoms with Gasteiger partial charge in [-0.2, -0.15) is 0 Å². The van der Waals surface area contributed by atoms with Gasteiger partial charge in [0.25, 0.3) is 0 Å². The number of hydrogen-bond acceptors (Lipinski definition) is 3. The van der Waals surface area contributed by atoms with Crippen molar-refractivity contribution in [2.45, 2.75) is 58.0 Å². The fraction of sp³-hybridized carbons (Fsp3) is 0.733. The van der Waals surface area contributed by atoms with Crippen molar-refractivity contribution in [1.82, 2.24) is 15.3 Å². The predicted octanol–water partition coefficient (Wildman–Crippen LogP) is 2.88. The second-order valence-electron chi connectivity index (χ2n) is 6.22. The Bertz CT molecular complexity index is 416. The molecule has 1 heterocycles. The van der Waals surface area contributed by atoms with Gasteiger partial charge in [0.05, 0.1) is 5.69 Å². The summed E-state index contributed by atoms with van der Waals surface area (Å²) in [6, 6.07) is 2.54. The van der Waals surface area contributed by atoms with Crippen molar-refractivity contribution in [3.8, 4) is 0 Å². The Kier molecular flexibility index (Phi) is 3.33. The third-order valence-electron chi connectivity index (χ3n) is 4.49. The summed E-state index contributed by atoms with van der Waals surface area (Å²) in [5, 5.41) is 3.42. The molecule has 1 aromatic rings. The molecular weight excluding hydrogens is 222 g/mol. The van der Waals surface area contributed by atoms with Crippen LogP contribution in [0.4, 0.5) is 0 Å². The molecule has 2 aliphatic carbocycles.